The second-order valence-electron chi connectivity index (χ2n) is 5.23. The zero-order valence-corrected chi connectivity index (χ0v) is 12.2. The monoisotopic (exact) mass is 294 g/mol. The quantitative estimate of drug-likeness (QED) is 0.891. The molecule has 108 valence electrons. The van der Waals surface area contributed by atoms with E-state index in [1.54, 1.807) is 6.07 Å². The maximum absolute atomic E-state index is 11.9. The van der Waals surface area contributed by atoms with Gasteiger partial charge in [-0.3, -0.25) is 9.59 Å². The summed E-state index contributed by atoms with van der Waals surface area (Å²) in [6, 6.07) is 7.06. The summed E-state index contributed by atoms with van der Waals surface area (Å²) in [7, 11) is 0. The first-order chi connectivity index (χ1) is 9.56. The number of halogens is 1. The Bertz CT molecular complexity index is 504. The predicted molar refractivity (Wildman–Crippen MR) is 78.5 cm³/mol. The van der Waals surface area contributed by atoms with Crippen molar-refractivity contribution in [3.05, 3.63) is 34.9 Å². The van der Waals surface area contributed by atoms with E-state index in [9.17, 15) is 9.59 Å². The van der Waals surface area contributed by atoms with Crippen LogP contribution in [0.1, 0.15) is 25.3 Å². The number of carbonyl (C=O) groups is 2. The highest BCUT2D eigenvalue weighted by molar-refractivity contribution is 6.30. The molecule has 0 saturated carbocycles. The second kappa shape index (κ2) is 6.75. The molecule has 1 aromatic rings. The summed E-state index contributed by atoms with van der Waals surface area (Å²) in [5.74, 6) is -0.00222. The minimum Gasteiger partial charge on any atom is -0.354 e. The molecule has 1 saturated heterocycles. The van der Waals surface area contributed by atoms with Gasteiger partial charge in [0.15, 0.2) is 0 Å². The van der Waals surface area contributed by atoms with Crippen molar-refractivity contribution < 1.29 is 9.59 Å². The van der Waals surface area contributed by atoms with E-state index in [1.165, 1.54) is 0 Å². The molecule has 1 heterocycles. The topological polar surface area (TPSA) is 58.2 Å². The molecule has 0 aliphatic carbocycles. The number of rotatable bonds is 4. The van der Waals surface area contributed by atoms with E-state index in [2.05, 4.69) is 10.6 Å². The Morgan fingerprint density at radius 3 is 3.00 bits per heavy atom. The fraction of sp³-hybridized carbons (Fsp3) is 0.467. The van der Waals surface area contributed by atoms with Crippen LogP contribution in [-0.2, 0) is 16.0 Å². The largest absolute Gasteiger partial charge is 0.354 e. The van der Waals surface area contributed by atoms with Crippen LogP contribution in [0.25, 0.3) is 0 Å². The average Bonchev–Trinajstić information content (AvgIpc) is 2.41. The van der Waals surface area contributed by atoms with Crippen molar-refractivity contribution >= 4 is 23.4 Å². The Hall–Kier alpha value is -1.55. The molecule has 2 N–H and O–H groups in total. The van der Waals surface area contributed by atoms with Crippen LogP contribution in [0.3, 0.4) is 0 Å². The zero-order valence-electron chi connectivity index (χ0n) is 11.5. The molecule has 0 spiro atoms. The van der Waals surface area contributed by atoms with Gasteiger partial charge in [-0.05, 0) is 36.5 Å². The fourth-order valence-corrected chi connectivity index (χ4v) is 2.57. The third kappa shape index (κ3) is 3.97. The first-order valence-electron chi connectivity index (χ1n) is 6.88. The molecule has 20 heavy (non-hydrogen) atoms. The van der Waals surface area contributed by atoms with E-state index in [1.807, 2.05) is 25.1 Å². The standard InChI is InChI=1S/C15H19ClN2O2/c1-10-7-8-17-15(20)14(10)18-13(19)6-5-11-3-2-4-12(16)9-11/h2-4,9-10,14H,5-8H2,1H3,(H,17,20)(H,18,19)/t10-,14+/m0/s1. The van der Waals surface area contributed by atoms with Crippen molar-refractivity contribution in [1.82, 2.24) is 10.6 Å². The van der Waals surface area contributed by atoms with E-state index in [4.69, 9.17) is 11.6 Å². The number of nitrogens with one attached hydrogen (secondary N) is 2. The van der Waals surface area contributed by atoms with Gasteiger partial charge in [0, 0.05) is 18.0 Å². The maximum atomic E-state index is 11.9. The molecule has 1 aliphatic rings. The number of aryl methyl sites for hydroxylation is 1. The normalized spacial score (nSPS) is 22.2. The van der Waals surface area contributed by atoms with Gasteiger partial charge in [0.05, 0.1) is 0 Å². The number of amides is 2. The summed E-state index contributed by atoms with van der Waals surface area (Å²) in [5.41, 5.74) is 1.02. The Morgan fingerprint density at radius 1 is 1.50 bits per heavy atom. The minimum absolute atomic E-state index is 0.0835. The lowest BCUT2D eigenvalue weighted by molar-refractivity contribution is -0.131. The van der Waals surface area contributed by atoms with Crippen molar-refractivity contribution in [3.8, 4) is 0 Å². The molecule has 1 aliphatic heterocycles. The van der Waals surface area contributed by atoms with Crippen molar-refractivity contribution in [3.63, 3.8) is 0 Å². The summed E-state index contributed by atoms with van der Waals surface area (Å²) in [5, 5.41) is 6.27. The predicted octanol–water partition coefficient (Wildman–Crippen LogP) is 1.91. The summed E-state index contributed by atoms with van der Waals surface area (Å²) in [4.78, 5) is 23.7. The van der Waals surface area contributed by atoms with Gasteiger partial charge in [-0.1, -0.05) is 30.7 Å². The number of hydrogen-bond acceptors (Lipinski definition) is 2. The molecule has 1 aromatic carbocycles. The smallest absolute Gasteiger partial charge is 0.242 e. The van der Waals surface area contributed by atoms with Crippen molar-refractivity contribution in [2.75, 3.05) is 6.54 Å². The number of carbonyl (C=O) groups excluding carboxylic acids is 2. The lowest BCUT2D eigenvalue weighted by Gasteiger charge is -2.29. The van der Waals surface area contributed by atoms with Gasteiger partial charge < -0.3 is 10.6 Å². The van der Waals surface area contributed by atoms with Crippen LogP contribution >= 0.6 is 11.6 Å². The molecular formula is C15H19ClN2O2. The van der Waals surface area contributed by atoms with E-state index >= 15 is 0 Å². The van der Waals surface area contributed by atoms with Crippen molar-refractivity contribution in [2.24, 2.45) is 5.92 Å². The van der Waals surface area contributed by atoms with Crippen LogP contribution in [0.4, 0.5) is 0 Å². The minimum atomic E-state index is -0.407. The molecule has 0 bridgehead atoms. The summed E-state index contributed by atoms with van der Waals surface area (Å²) < 4.78 is 0. The SMILES string of the molecule is C[C@H]1CCNC(=O)[C@@H]1NC(=O)CCc1cccc(Cl)c1. The molecule has 1 fully saturated rings. The highest BCUT2D eigenvalue weighted by Crippen LogP contribution is 2.14. The maximum Gasteiger partial charge on any atom is 0.242 e. The Morgan fingerprint density at radius 2 is 2.30 bits per heavy atom. The molecule has 4 nitrogen and oxygen atoms in total. The lowest BCUT2D eigenvalue weighted by Crippen LogP contribution is -2.54. The molecular weight excluding hydrogens is 276 g/mol. The van der Waals surface area contributed by atoms with Gasteiger partial charge in [-0.2, -0.15) is 0 Å². The first-order valence-corrected chi connectivity index (χ1v) is 7.25. The first kappa shape index (κ1) is 14.9. The number of piperidine rings is 1. The average molecular weight is 295 g/mol. The number of benzene rings is 1. The molecule has 5 heteroatoms. The van der Waals surface area contributed by atoms with Crippen molar-refractivity contribution in [2.45, 2.75) is 32.2 Å². The van der Waals surface area contributed by atoms with E-state index in [0.717, 1.165) is 12.0 Å². The lowest BCUT2D eigenvalue weighted by atomic mass is 9.94. The Balaban J connectivity index is 1.84. The molecule has 0 aromatic heterocycles. The van der Waals surface area contributed by atoms with Gasteiger partial charge in [0.2, 0.25) is 11.8 Å². The second-order valence-corrected chi connectivity index (χ2v) is 5.67. The highest BCUT2D eigenvalue weighted by atomic mass is 35.5. The summed E-state index contributed by atoms with van der Waals surface area (Å²) in [6.45, 7) is 2.68. The third-order valence-corrected chi connectivity index (χ3v) is 3.83. The summed E-state index contributed by atoms with van der Waals surface area (Å²) >= 11 is 5.90. The Labute approximate surface area is 123 Å². The van der Waals surface area contributed by atoms with Gasteiger partial charge in [0.25, 0.3) is 0 Å². The molecule has 0 radical (unpaired) electrons. The van der Waals surface area contributed by atoms with Gasteiger partial charge in [-0.15, -0.1) is 0 Å². The highest BCUT2D eigenvalue weighted by Gasteiger charge is 2.29. The molecule has 2 rings (SSSR count). The van der Waals surface area contributed by atoms with E-state index in [-0.39, 0.29) is 17.7 Å². The van der Waals surface area contributed by atoms with Crippen molar-refractivity contribution in [1.29, 1.82) is 0 Å². The fourth-order valence-electron chi connectivity index (χ4n) is 2.36. The summed E-state index contributed by atoms with van der Waals surface area (Å²) in [6.07, 6.45) is 1.87. The van der Waals surface area contributed by atoms with E-state index < -0.39 is 6.04 Å². The van der Waals surface area contributed by atoms with Gasteiger partial charge in [0.1, 0.15) is 6.04 Å². The molecule has 2 amide bonds. The van der Waals surface area contributed by atoms with Crippen LogP contribution in [0.15, 0.2) is 24.3 Å². The zero-order chi connectivity index (χ0) is 14.5. The van der Waals surface area contributed by atoms with Gasteiger partial charge in [-0.25, -0.2) is 0 Å². The number of hydrogen-bond donors (Lipinski definition) is 2. The van der Waals surface area contributed by atoms with Gasteiger partial charge >= 0.3 is 0 Å². The van der Waals surface area contributed by atoms with Crippen LogP contribution in [0.5, 0.6) is 0 Å². The van der Waals surface area contributed by atoms with Crippen LogP contribution in [0.2, 0.25) is 5.02 Å². The van der Waals surface area contributed by atoms with E-state index in [0.29, 0.717) is 24.4 Å². The Kier molecular flexibility index (Phi) is 5.01. The van der Waals surface area contributed by atoms with Crippen LogP contribution < -0.4 is 10.6 Å². The molecule has 0 unspecified atom stereocenters. The van der Waals surface area contributed by atoms with Crippen LogP contribution in [0, 0.1) is 5.92 Å². The molecule has 2 atom stereocenters. The van der Waals surface area contributed by atoms with Crippen LogP contribution in [-0.4, -0.2) is 24.4 Å². The third-order valence-electron chi connectivity index (χ3n) is 3.60.